The van der Waals surface area contributed by atoms with Crippen LogP contribution in [0.25, 0.3) is 11.2 Å². The molecule has 0 radical (unpaired) electrons. The molecule has 3 heterocycles. The maximum absolute atomic E-state index is 13.0. The van der Waals surface area contributed by atoms with Gasteiger partial charge < -0.3 is 36.1 Å². The Balaban J connectivity index is 1.32. The molecule has 47 heavy (non-hydrogen) atoms. The van der Waals surface area contributed by atoms with Gasteiger partial charge in [-0.1, -0.05) is 24.3 Å². The van der Waals surface area contributed by atoms with E-state index in [0.717, 1.165) is 11.1 Å². The van der Waals surface area contributed by atoms with Crippen molar-refractivity contribution in [3.63, 3.8) is 0 Å². The third kappa shape index (κ3) is 11.8. The SMILES string of the molecule is Nc1nc(OCc2ccc(CNC(=O)CN3CCN(CC(=O)O)CCN(CC(=O)O)CCN(CC(=O)O)CC3)cc2)c2[nH]cnc2n1. The number of aliphatic carboxylic acids is 3. The fraction of sp³-hybridized carbons (Fsp3) is 0.483. The fourth-order valence-electron chi connectivity index (χ4n) is 5.08. The van der Waals surface area contributed by atoms with Gasteiger partial charge in [-0.2, -0.15) is 9.97 Å². The van der Waals surface area contributed by atoms with E-state index >= 15 is 0 Å². The smallest absolute Gasteiger partial charge is 0.317 e. The summed E-state index contributed by atoms with van der Waals surface area (Å²) in [5.74, 6) is -2.93. The van der Waals surface area contributed by atoms with Crippen LogP contribution in [0.1, 0.15) is 11.1 Å². The molecule has 7 N–H and O–H groups in total. The molecule has 18 heteroatoms. The molecule has 0 aliphatic carbocycles. The number of nitrogens with two attached hydrogens (primary N) is 1. The number of benzene rings is 1. The van der Waals surface area contributed by atoms with E-state index in [0.29, 0.717) is 69.4 Å². The van der Waals surface area contributed by atoms with Gasteiger partial charge in [-0.3, -0.25) is 38.8 Å². The molecule has 1 aromatic carbocycles. The number of hydrogen-bond acceptors (Lipinski definition) is 13. The monoisotopic (exact) mass is 656 g/mol. The van der Waals surface area contributed by atoms with Crippen LogP contribution < -0.4 is 15.8 Å². The standard InChI is InChI=1S/C29H40N10O8/c30-29-34-27-26(32-19-33-27)28(35-29)47-18-21-3-1-20(2-4-21)13-31-22(40)14-36-5-7-37(15-23(41)42)9-11-39(17-25(45)46)12-10-38(8-6-36)16-24(43)44/h1-4,19H,5-18H2,(H,31,40)(H,41,42)(H,43,44)(H,45,46)(H3,30,32,33,34,35). The van der Waals surface area contributed by atoms with E-state index in [1.54, 1.807) is 14.7 Å². The van der Waals surface area contributed by atoms with Gasteiger partial charge in [0, 0.05) is 58.9 Å². The van der Waals surface area contributed by atoms with Gasteiger partial charge >= 0.3 is 17.9 Å². The fourth-order valence-corrected chi connectivity index (χ4v) is 5.08. The summed E-state index contributed by atoms with van der Waals surface area (Å²) in [5, 5.41) is 31.0. The van der Waals surface area contributed by atoms with Crippen molar-refractivity contribution >= 4 is 40.9 Å². The van der Waals surface area contributed by atoms with Gasteiger partial charge in [-0.15, -0.1) is 0 Å². The van der Waals surface area contributed by atoms with Gasteiger partial charge in [0.05, 0.1) is 32.5 Å². The first-order chi connectivity index (χ1) is 22.5. The number of nitrogens with one attached hydrogen (secondary N) is 2. The number of rotatable bonds is 13. The van der Waals surface area contributed by atoms with Crippen LogP contribution in [0.2, 0.25) is 0 Å². The first-order valence-electron chi connectivity index (χ1n) is 15.0. The van der Waals surface area contributed by atoms with Crippen molar-refractivity contribution in [2.24, 2.45) is 0 Å². The Morgan fingerprint density at radius 3 is 1.70 bits per heavy atom. The number of H-pyrrole nitrogens is 1. The van der Waals surface area contributed by atoms with Gasteiger partial charge in [-0.25, -0.2) is 4.98 Å². The lowest BCUT2D eigenvalue weighted by atomic mass is 10.1. The average molecular weight is 657 g/mol. The van der Waals surface area contributed by atoms with Crippen molar-refractivity contribution in [3.8, 4) is 5.88 Å². The zero-order chi connectivity index (χ0) is 33.8. The summed E-state index contributed by atoms with van der Waals surface area (Å²) in [4.78, 5) is 69.4. The van der Waals surface area contributed by atoms with Gasteiger partial charge in [0.15, 0.2) is 5.65 Å². The number of aromatic nitrogens is 4. The highest BCUT2D eigenvalue weighted by Gasteiger charge is 2.21. The second-order valence-corrected chi connectivity index (χ2v) is 11.2. The summed E-state index contributed by atoms with van der Waals surface area (Å²) in [6.07, 6.45) is 1.48. The Morgan fingerprint density at radius 2 is 1.21 bits per heavy atom. The number of aromatic amines is 1. The van der Waals surface area contributed by atoms with E-state index in [9.17, 15) is 34.5 Å². The van der Waals surface area contributed by atoms with Crippen molar-refractivity contribution < 1.29 is 39.2 Å². The summed E-state index contributed by atoms with van der Waals surface area (Å²) in [6.45, 7) is 2.43. The number of imidazole rings is 1. The molecule has 2 aromatic heterocycles. The second kappa shape index (κ2) is 17.1. The summed E-state index contributed by atoms with van der Waals surface area (Å²) in [6, 6.07) is 7.49. The van der Waals surface area contributed by atoms with Crippen LogP contribution >= 0.6 is 0 Å². The zero-order valence-corrected chi connectivity index (χ0v) is 25.9. The number of hydrogen-bond donors (Lipinski definition) is 6. The van der Waals surface area contributed by atoms with Gasteiger partial charge in [0.2, 0.25) is 17.7 Å². The molecular formula is C29H40N10O8. The Kier molecular flexibility index (Phi) is 12.7. The Bertz CT molecular complexity index is 1490. The molecule has 254 valence electrons. The zero-order valence-electron chi connectivity index (χ0n) is 25.9. The molecule has 1 saturated heterocycles. The summed E-state index contributed by atoms with van der Waals surface area (Å²) in [5.41, 5.74) is 8.42. The molecule has 4 rings (SSSR count). The van der Waals surface area contributed by atoms with Crippen LogP contribution in [0.15, 0.2) is 30.6 Å². The number of anilines is 1. The number of nitrogens with zero attached hydrogens (tertiary/aromatic N) is 7. The number of carboxylic acids is 3. The molecule has 0 saturated carbocycles. The molecule has 1 aliphatic rings. The largest absolute Gasteiger partial charge is 0.480 e. The van der Waals surface area contributed by atoms with Crippen LogP contribution in [0.3, 0.4) is 0 Å². The molecule has 1 fully saturated rings. The van der Waals surface area contributed by atoms with Crippen molar-refractivity contribution in [1.29, 1.82) is 0 Å². The molecule has 18 nitrogen and oxygen atoms in total. The number of ether oxygens (including phenoxy) is 1. The molecule has 0 bridgehead atoms. The maximum Gasteiger partial charge on any atom is 0.317 e. The second-order valence-electron chi connectivity index (χ2n) is 11.2. The number of fused-ring (bicyclic) bond motifs is 1. The number of nitrogen functional groups attached to an aromatic ring is 1. The van der Waals surface area contributed by atoms with Gasteiger partial charge in [0.1, 0.15) is 12.1 Å². The van der Waals surface area contributed by atoms with E-state index in [1.807, 2.05) is 29.2 Å². The maximum atomic E-state index is 13.0. The predicted octanol–water partition coefficient (Wildman–Crippen LogP) is -1.39. The van der Waals surface area contributed by atoms with Crippen molar-refractivity contribution in [1.82, 2.24) is 44.9 Å². The minimum Gasteiger partial charge on any atom is -0.480 e. The highest BCUT2D eigenvalue weighted by atomic mass is 16.5. The summed E-state index contributed by atoms with van der Waals surface area (Å²) in [7, 11) is 0. The van der Waals surface area contributed by atoms with Crippen LogP contribution in [-0.2, 0) is 32.3 Å². The van der Waals surface area contributed by atoms with Crippen molar-refractivity contribution in [2.75, 3.05) is 84.3 Å². The van der Waals surface area contributed by atoms with Crippen LogP contribution in [0, 0.1) is 0 Å². The normalized spacial score (nSPS) is 16.3. The molecule has 0 spiro atoms. The van der Waals surface area contributed by atoms with E-state index in [-0.39, 0.29) is 51.2 Å². The quantitative estimate of drug-likeness (QED) is 0.124. The third-order valence-corrected chi connectivity index (χ3v) is 7.53. The molecule has 3 aromatic rings. The van der Waals surface area contributed by atoms with E-state index in [4.69, 9.17) is 10.5 Å². The summed E-state index contributed by atoms with van der Waals surface area (Å²) >= 11 is 0. The van der Waals surface area contributed by atoms with E-state index < -0.39 is 17.9 Å². The highest BCUT2D eigenvalue weighted by molar-refractivity contribution is 5.78. The first kappa shape index (κ1) is 35.0. The number of amides is 1. The molecule has 1 aliphatic heterocycles. The van der Waals surface area contributed by atoms with E-state index in [2.05, 4.69) is 25.3 Å². The Morgan fingerprint density at radius 1 is 0.745 bits per heavy atom. The molecule has 1 amide bonds. The predicted molar refractivity (Wildman–Crippen MR) is 167 cm³/mol. The minimum atomic E-state index is -1.02. The van der Waals surface area contributed by atoms with Gasteiger partial charge in [-0.05, 0) is 11.1 Å². The number of carbonyl (C=O) groups excluding carboxylic acids is 1. The molecule has 0 atom stereocenters. The lowest BCUT2D eigenvalue weighted by molar-refractivity contribution is -0.140. The van der Waals surface area contributed by atoms with Gasteiger partial charge in [0.25, 0.3) is 0 Å². The topological polar surface area (TPSA) is 244 Å². The number of carboxylic acid groups (broad SMARTS) is 3. The van der Waals surface area contributed by atoms with E-state index in [1.165, 1.54) is 6.33 Å². The number of carbonyl (C=O) groups is 4. The lowest BCUT2D eigenvalue weighted by Gasteiger charge is -2.32. The van der Waals surface area contributed by atoms with Crippen LogP contribution in [0.5, 0.6) is 5.88 Å². The lowest BCUT2D eigenvalue weighted by Crippen LogP contribution is -2.49. The van der Waals surface area contributed by atoms with Crippen LogP contribution in [-0.4, -0.2) is 157 Å². The van der Waals surface area contributed by atoms with Crippen LogP contribution in [0.4, 0.5) is 5.95 Å². The van der Waals surface area contributed by atoms with Crippen molar-refractivity contribution in [3.05, 3.63) is 41.7 Å². The Hall–Kier alpha value is -4.91. The highest BCUT2D eigenvalue weighted by Crippen LogP contribution is 2.21. The first-order valence-corrected chi connectivity index (χ1v) is 15.0. The average Bonchev–Trinajstić information content (AvgIpc) is 3.48. The molecule has 0 unspecified atom stereocenters. The molecular weight excluding hydrogens is 616 g/mol. The minimum absolute atomic E-state index is 0.0308. The Labute approximate surface area is 270 Å². The summed E-state index contributed by atoms with van der Waals surface area (Å²) < 4.78 is 5.82. The van der Waals surface area contributed by atoms with Crippen molar-refractivity contribution in [2.45, 2.75) is 13.2 Å². The third-order valence-electron chi connectivity index (χ3n) is 7.53.